The number of carbonyl (C=O) groups excluding carboxylic acids is 1. The first-order valence-corrected chi connectivity index (χ1v) is 8.53. The summed E-state index contributed by atoms with van der Waals surface area (Å²) in [5.74, 6) is -0.858. The molecule has 150 valence electrons. The highest BCUT2D eigenvalue weighted by atomic mass is 16.5. The molecule has 0 bridgehead atoms. The van der Waals surface area contributed by atoms with Crippen molar-refractivity contribution in [1.82, 2.24) is 0 Å². The van der Waals surface area contributed by atoms with E-state index in [4.69, 9.17) is 19.3 Å². The number of anilines is 1. The number of benzene rings is 2. The smallest absolute Gasteiger partial charge is 0.344 e. The Balaban J connectivity index is 2.37. The Hall–Kier alpha value is -3.99. The molecule has 0 aromatic heterocycles. The molecule has 2 aromatic rings. The number of nitriles is 1. The number of carboxylic acid groups (broad SMARTS) is 1. The molecule has 0 fully saturated rings. The lowest BCUT2D eigenvalue weighted by atomic mass is 10.1. The fourth-order valence-electron chi connectivity index (χ4n) is 2.36. The highest BCUT2D eigenvalue weighted by Crippen LogP contribution is 2.33. The third-order valence-corrected chi connectivity index (χ3v) is 3.86. The average molecular weight is 396 g/mol. The monoisotopic (exact) mass is 396 g/mol. The van der Waals surface area contributed by atoms with Crippen LogP contribution in [0.2, 0.25) is 0 Å². The molecule has 0 aliphatic heterocycles. The molecule has 0 aliphatic rings. The number of nitrogens with zero attached hydrogens (tertiary/aromatic N) is 1. The summed E-state index contributed by atoms with van der Waals surface area (Å²) < 4.78 is 15.8. The van der Waals surface area contributed by atoms with Gasteiger partial charge in [-0.3, -0.25) is 4.79 Å². The lowest BCUT2D eigenvalue weighted by Crippen LogP contribution is -2.23. The molecule has 0 saturated carbocycles. The van der Waals surface area contributed by atoms with E-state index in [0.29, 0.717) is 17.0 Å². The number of hydrogen-bond acceptors (Lipinski definition) is 6. The van der Waals surface area contributed by atoms with E-state index >= 15 is 0 Å². The van der Waals surface area contributed by atoms with Gasteiger partial charge in [0, 0.05) is 17.3 Å². The van der Waals surface area contributed by atoms with E-state index in [-0.39, 0.29) is 17.1 Å². The topological polar surface area (TPSA) is 118 Å². The maximum Gasteiger partial charge on any atom is 0.344 e. The Morgan fingerprint density at radius 2 is 1.90 bits per heavy atom. The van der Waals surface area contributed by atoms with Crippen molar-refractivity contribution in [2.24, 2.45) is 0 Å². The van der Waals surface area contributed by atoms with Crippen molar-refractivity contribution in [2.45, 2.75) is 13.0 Å². The van der Waals surface area contributed by atoms with Gasteiger partial charge < -0.3 is 24.6 Å². The minimum absolute atomic E-state index is 0.117. The molecule has 0 saturated heterocycles. The number of ether oxygens (including phenoxy) is 3. The summed E-state index contributed by atoms with van der Waals surface area (Å²) in [5, 5.41) is 21.2. The van der Waals surface area contributed by atoms with E-state index in [0.717, 1.165) is 0 Å². The highest BCUT2D eigenvalue weighted by molar-refractivity contribution is 6.10. The average Bonchev–Trinajstić information content (AvgIpc) is 2.72. The van der Waals surface area contributed by atoms with Gasteiger partial charge in [-0.15, -0.1) is 0 Å². The Morgan fingerprint density at radius 3 is 2.52 bits per heavy atom. The zero-order chi connectivity index (χ0) is 21.4. The van der Waals surface area contributed by atoms with Gasteiger partial charge in [0.25, 0.3) is 5.91 Å². The number of amides is 1. The summed E-state index contributed by atoms with van der Waals surface area (Å²) in [6.45, 7) is 1.36. The minimum atomic E-state index is -1.16. The third-order valence-electron chi connectivity index (χ3n) is 3.86. The zero-order valence-corrected chi connectivity index (χ0v) is 16.1. The van der Waals surface area contributed by atoms with E-state index in [1.165, 1.54) is 27.2 Å². The standard InChI is InChI=1S/C21H20N2O6/c1-13(21(25)26)29-19-14(6-4-9-18(19)28-3)10-15(12-22)20(24)23-16-7-5-8-17(11-16)27-2/h4-11,13H,1-3H3,(H,23,24)(H,25,26)/b15-10-/t13-/m0/s1. The Morgan fingerprint density at radius 1 is 1.17 bits per heavy atom. The number of nitrogens with one attached hydrogen (secondary N) is 1. The summed E-state index contributed by atoms with van der Waals surface area (Å²) in [6.07, 6.45) is 0.150. The van der Waals surface area contributed by atoms with Gasteiger partial charge in [-0.05, 0) is 31.2 Å². The Labute approximate surface area is 167 Å². The number of hydrogen-bond donors (Lipinski definition) is 2. The molecule has 0 unspecified atom stereocenters. The van der Waals surface area contributed by atoms with Crippen molar-refractivity contribution in [3.8, 4) is 23.3 Å². The molecule has 0 aliphatic carbocycles. The first-order chi connectivity index (χ1) is 13.9. The van der Waals surface area contributed by atoms with E-state index in [1.807, 2.05) is 6.07 Å². The van der Waals surface area contributed by atoms with Gasteiger partial charge in [0.05, 0.1) is 14.2 Å². The van der Waals surface area contributed by atoms with Crippen LogP contribution in [0.25, 0.3) is 6.08 Å². The van der Waals surface area contributed by atoms with Crippen LogP contribution in [0.1, 0.15) is 12.5 Å². The summed E-state index contributed by atoms with van der Waals surface area (Å²) in [7, 11) is 2.91. The zero-order valence-electron chi connectivity index (χ0n) is 16.1. The Bertz CT molecular complexity index is 977. The molecule has 2 aromatic carbocycles. The normalized spacial score (nSPS) is 11.7. The van der Waals surface area contributed by atoms with Crippen LogP contribution in [0.3, 0.4) is 0 Å². The van der Waals surface area contributed by atoms with Gasteiger partial charge in [-0.25, -0.2) is 4.79 Å². The van der Waals surface area contributed by atoms with Crippen LogP contribution < -0.4 is 19.5 Å². The summed E-state index contributed by atoms with van der Waals surface area (Å²) >= 11 is 0. The molecule has 0 spiro atoms. The summed E-state index contributed by atoms with van der Waals surface area (Å²) in [4.78, 5) is 23.7. The molecule has 2 rings (SSSR count). The first-order valence-electron chi connectivity index (χ1n) is 8.53. The SMILES string of the molecule is COc1cccc(NC(=O)/C(C#N)=C\c2cccc(OC)c2O[C@@H](C)C(=O)O)c1. The van der Waals surface area contributed by atoms with Crippen LogP contribution in [0.4, 0.5) is 5.69 Å². The molecule has 2 N–H and O–H groups in total. The van der Waals surface area contributed by atoms with Gasteiger partial charge in [0.2, 0.25) is 0 Å². The maximum atomic E-state index is 12.5. The molecule has 29 heavy (non-hydrogen) atoms. The molecule has 0 heterocycles. The van der Waals surface area contributed by atoms with Gasteiger partial charge in [-0.2, -0.15) is 5.26 Å². The summed E-state index contributed by atoms with van der Waals surface area (Å²) in [6, 6.07) is 13.3. The predicted octanol–water partition coefficient (Wildman–Crippen LogP) is 3.10. The lowest BCUT2D eigenvalue weighted by Gasteiger charge is -2.16. The molecule has 0 radical (unpaired) electrons. The Kier molecular flexibility index (Phi) is 7.20. The largest absolute Gasteiger partial charge is 0.497 e. The summed E-state index contributed by atoms with van der Waals surface area (Å²) in [5.41, 5.74) is 0.584. The highest BCUT2D eigenvalue weighted by Gasteiger charge is 2.19. The quantitative estimate of drug-likeness (QED) is 0.520. The van der Waals surface area contributed by atoms with Crippen LogP contribution in [-0.2, 0) is 9.59 Å². The van der Waals surface area contributed by atoms with E-state index in [1.54, 1.807) is 42.5 Å². The maximum absolute atomic E-state index is 12.5. The fourth-order valence-corrected chi connectivity index (χ4v) is 2.36. The minimum Gasteiger partial charge on any atom is -0.497 e. The van der Waals surface area contributed by atoms with Crippen molar-refractivity contribution in [3.05, 3.63) is 53.6 Å². The van der Waals surface area contributed by atoms with E-state index in [9.17, 15) is 14.9 Å². The van der Waals surface area contributed by atoms with Crippen LogP contribution in [0, 0.1) is 11.3 Å². The van der Waals surface area contributed by atoms with Gasteiger partial charge in [-0.1, -0.05) is 18.2 Å². The number of para-hydroxylation sites is 1. The molecule has 8 nitrogen and oxygen atoms in total. The second kappa shape index (κ2) is 9.80. The number of methoxy groups -OCH3 is 2. The predicted molar refractivity (Wildman–Crippen MR) is 106 cm³/mol. The van der Waals surface area contributed by atoms with Gasteiger partial charge in [0.1, 0.15) is 17.4 Å². The second-order valence-corrected chi connectivity index (χ2v) is 5.83. The second-order valence-electron chi connectivity index (χ2n) is 5.83. The lowest BCUT2D eigenvalue weighted by molar-refractivity contribution is -0.144. The van der Waals surface area contributed by atoms with E-state index in [2.05, 4.69) is 5.32 Å². The van der Waals surface area contributed by atoms with E-state index < -0.39 is 18.0 Å². The van der Waals surface area contributed by atoms with Crippen LogP contribution >= 0.6 is 0 Å². The van der Waals surface area contributed by atoms with Crippen molar-refractivity contribution in [2.75, 3.05) is 19.5 Å². The number of carbonyl (C=O) groups is 2. The van der Waals surface area contributed by atoms with Crippen molar-refractivity contribution in [3.63, 3.8) is 0 Å². The van der Waals surface area contributed by atoms with Crippen molar-refractivity contribution in [1.29, 1.82) is 5.26 Å². The van der Waals surface area contributed by atoms with Gasteiger partial charge >= 0.3 is 5.97 Å². The van der Waals surface area contributed by atoms with Crippen molar-refractivity contribution < 1.29 is 28.9 Å². The third kappa shape index (κ3) is 5.49. The van der Waals surface area contributed by atoms with Crippen LogP contribution in [-0.4, -0.2) is 37.3 Å². The fraction of sp³-hybridized carbons (Fsp3) is 0.190. The number of carboxylic acids is 1. The van der Waals surface area contributed by atoms with Crippen LogP contribution in [0.15, 0.2) is 48.0 Å². The van der Waals surface area contributed by atoms with Crippen LogP contribution in [0.5, 0.6) is 17.2 Å². The number of rotatable bonds is 8. The molecular formula is C21H20N2O6. The van der Waals surface area contributed by atoms with Crippen molar-refractivity contribution >= 4 is 23.6 Å². The van der Waals surface area contributed by atoms with Gasteiger partial charge in [0.15, 0.2) is 17.6 Å². The first kappa shape index (κ1) is 21.3. The molecule has 1 amide bonds. The molecule has 1 atom stereocenters. The molecular weight excluding hydrogens is 376 g/mol. The number of aliphatic carboxylic acids is 1. The molecule has 8 heteroatoms.